The monoisotopic (exact) mass is 331 g/mol. The lowest BCUT2D eigenvalue weighted by molar-refractivity contribution is -0.141. The maximum Gasteiger partial charge on any atom is 0.228 e. The van der Waals surface area contributed by atoms with E-state index >= 15 is 0 Å². The first-order chi connectivity index (χ1) is 8.38. The first-order valence-corrected chi connectivity index (χ1v) is 7.72. The zero-order valence-electron chi connectivity index (χ0n) is 10.6. The molecule has 0 spiro atoms. The van der Waals surface area contributed by atoms with Crippen molar-refractivity contribution in [2.24, 2.45) is 0 Å². The van der Waals surface area contributed by atoms with Crippen molar-refractivity contribution in [3.63, 3.8) is 0 Å². The largest absolute Gasteiger partial charge is 0.391 e. The van der Waals surface area contributed by atoms with Crippen molar-refractivity contribution in [1.29, 1.82) is 0 Å². The Kier molecular flexibility index (Phi) is 4.14. The summed E-state index contributed by atoms with van der Waals surface area (Å²) in [5.41, 5.74) is -0.148. The first-order valence-electron chi connectivity index (χ1n) is 6.11. The predicted octanol–water partition coefficient (Wildman–Crippen LogP) is 2.82. The fraction of sp³-hybridized carbons (Fsp3) is 0.615. The third-order valence-corrected chi connectivity index (χ3v) is 5.09. The highest BCUT2D eigenvalue weighted by Crippen LogP contribution is 2.29. The molecular formula is C13H18BrNO2S. The number of piperidine rings is 1. The summed E-state index contributed by atoms with van der Waals surface area (Å²) in [6, 6.07) is 3.93. The SMILES string of the molecule is CC1(C)CCC(O)CN1C(=O)Cc1ccc(Br)s1. The summed E-state index contributed by atoms with van der Waals surface area (Å²) in [7, 11) is 0. The molecule has 0 radical (unpaired) electrons. The number of rotatable bonds is 2. The number of carbonyl (C=O) groups excluding carboxylic acids is 1. The Labute approximate surface area is 120 Å². The molecule has 100 valence electrons. The average molecular weight is 332 g/mol. The Hall–Kier alpha value is -0.390. The number of amides is 1. The molecule has 2 rings (SSSR count). The molecule has 1 atom stereocenters. The van der Waals surface area contributed by atoms with Crippen LogP contribution in [0.5, 0.6) is 0 Å². The summed E-state index contributed by atoms with van der Waals surface area (Å²) in [5, 5.41) is 9.73. The van der Waals surface area contributed by atoms with E-state index in [1.807, 2.05) is 17.0 Å². The third kappa shape index (κ3) is 3.13. The molecule has 2 heterocycles. The van der Waals surface area contributed by atoms with Crippen LogP contribution in [0.4, 0.5) is 0 Å². The number of thiophene rings is 1. The lowest BCUT2D eigenvalue weighted by Gasteiger charge is -2.44. The molecule has 5 heteroatoms. The molecule has 1 aromatic rings. The van der Waals surface area contributed by atoms with Gasteiger partial charge in [0.05, 0.1) is 16.3 Å². The summed E-state index contributed by atoms with van der Waals surface area (Å²) in [6.45, 7) is 4.60. The number of aliphatic hydroxyl groups excluding tert-OH is 1. The molecule has 0 bridgehead atoms. The molecule has 1 N–H and O–H groups in total. The van der Waals surface area contributed by atoms with Gasteiger partial charge in [-0.15, -0.1) is 11.3 Å². The van der Waals surface area contributed by atoms with Crippen LogP contribution in [0.15, 0.2) is 15.9 Å². The topological polar surface area (TPSA) is 40.5 Å². The van der Waals surface area contributed by atoms with E-state index in [1.165, 1.54) is 0 Å². The Morgan fingerprint density at radius 3 is 2.94 bits per heavy atom. The van der Waals surface area contributed by atoms with Crippen molar-refractivity contribution >= 4 is 33.2 Å². The lowest BCUT2D eigenvalue weighted by atomic mass is 9.89. The Morgan fingerprint density at radius 1 is 1.61 bits per heavy atom. The van der Waals surface area contributed by atoms with Gasteiger partial charge in [0, 0.05) is 17.0 Å². The predicted molar refractivity (Wildman–Crippen MR) is 76.8 cm³/mol. The van der Waals surface area contributed by atoms with Crippen LogP contribution in [0.2, 0.25) is 0 Å². The highest BCUT2D eigenvalue weighted by molar-refractivity contribution is 9.11. The summed E-state index contributed by atoms with van der Waals surface area (Å²) in [4.78, 5) is 15.2. The van der Waals surface area contributed by atoms with E-state index in [1.54, 1.807) is 11.3 Å². The number of hydrogen-bond acceptors (Lipinski definition) is 3. The van der Waals surface area contributed by atoms with E-state index in [0.717, 1.165) is 21.5 Å². The van der Waals surface area contributed by atoms with Crippen molar-refractivity contribution in [2.75, 3.05) is 6.54 Å². The first kappa shape index (κ1) is 14.0. The van der Waals surface area contributed by atoms with Crippen LogP contribution < -0.4 is 0 Å². The van der Waals surface area contributed by atoms with Crippen LogP contribution in [0.3, 0.4) is 0 Å². The van der Waals surface area contributed by atoms with E-state index in [9.17, 15) is 9.90 Å². The van der Waals surface area contributed by atoms with Gasteiger partial charge >= 0.3 is 0 Å². The zero-order valence-corrected chi connectivity index (χ0v) is 13.1. The number of carbonyl (C=O) groups is 1. The molecule has 0 aromatic carbocycles. The summed E-state index contributed by atoms with van der Waals surface area (Å²) in [6.07, 6.45) is 1.68. The van der Waals surface area contributed by atoms with Gasteiger partial charge in [-0.2, -0.15) is 0 Å². The van der Waals surface area contributed by atoms with Crippen LogP contribution in [0.1, 0.15) is 31.6 Å². The van der Waals surface area contributed by atoms with E-state index < -0.39 is 0 Å². The molecule has 1 unspecified atom stereocenters. The molecule has 1 saturated heterocycles. The van der Waals surface area contributed by atoms with Crippen LogP contribution in [0.25, 0.3) is 0 Å². The molecule has 1 aliphatic heterocycles. The quantitative estimate of drug-likeness (QED) is 0.905. The van der Waals surface area contributed by atoms with E-state index in [4.69, 9.17) is 0 Å². The zero-order chi connectivity index (χ0) is 13.3. The molecule has 1 aliphatic rings. The molecular weight excluding hydrogens is 314 g/mol. The van der Waals surface area contributed by atoms with Crippen LogP contribution in [0, 0.1) is 0 Å². The number of β-amino-alcohol motifs (C(OH)–C–C–N with tert-alkyl or cyclic N) is 1. The van der Waals surface area contributed by atoms with Gasteiger partial charge < -0.3 is 10.0 Å². The third-order valence-electron chi connectivity index (χ3n) is 3.47. The Morgan fingerprint density at radius 2 is 2.33 bits per heavy atom. The van der Waals surface area contributed by atoms with Gasteiger partial charge in [-0.1, -0.05) is 0 Å². The second-order valence-electron chi connectivity index (χ2n) is 5.39. The fourth-order valence-electron chi connectivity index (χ4n) is 2.33. The van der Waals surface area contributed by atoms with Crippen molar-refractivity contribution in [1.82, 2.24) is 4.90 Å². The maximum absolute atomic E-state index is 12.3. The number of halogens is 1. The van der Waals surface area contributed by atoms with Gasteiger partial charge in [0.2, 0.25) is 5.91 Å². The maximum atomic E-state index is 12.3. The highest BCUT2D eigenvalue weighted by atomic mass is 79.9. The average Bonchev–Trinajstić information content (AvgIpc) is 2.67. The van der Waals surface area contributed by atoms with E-state index in [2.05, 4.69) is 29.8 Å². The minimum atomic E-state index is -0.378. The standard InChI is InChI=1S/C13H18BrNO2S/c1-13(2)6-5-9(16)8-15(13)12(17)7-10-3-4-11(14)18-10/h3-4,9,16H,5-8H2,1-2H3. The van der Waals surface area contributed by atoms with Crippen LogP contribution in [-0.2, 0) is 11.2 Å². The van der Waals surface area contributed by atoms with Crippen LogP contribution >= 0.6 is 27.3 Å². The van der Waals surface area contributed by atoms with Crippen LogP contribution in [-0.4, -0.2) is 34.1 Å². The Bertz CT molecular complexity index is 444. The molecule has 1 fully saturated rings. The van der Waals surface area contributed by atoms with Gasteiger partial charge in [-0.3, -0.25) is 4.79 Å². The fourth-order valence-corrected chi connectivity index (χ4v) is 3.81. The smallest absolute Gasteiger partial charge is 0.228 e. The van der Waals surface area contributed by atoms with E-state index in [0.29, 0.717) is 13.0 Å². The van der Waals surface area contributed by atoms with Gasteiger partial charge in [0.25, 0.3) is 0 Å². The number of likely N-dealkylation sites (tertiary alicyclic amines) is 1. The number of aliphatic hydroxyl groups is 1. The normalized spacial score (nSPS) is 23.1. The second-order valence-corrected chi connectivity index (χ2v) is 7.94. The molecule has 1 amide bonds. The minimum absolute atomic E-state index is 0.105. The van der Waals surface area contributed by atoms with Gasteiger partial charge in [-0.05, 0) is 54.8 Å². The summed E-state index contributed by atoms with van der Waals surface area (Å²) >= 11 is 4.99. The van der Waals surface area contributed by atoms with Crippen molar-refractivity contribution in [3.05, 3.63) is 20.8 Å². The Balaban J connectivity index is 2.07. The second kappa shape index (κ2) is 5.31. The van der Waals surface area contributed by atoms with Crippen molar-refractivity contribution in [3.8, 4) is 0 Å². The summed E-state index contributed by atoms with van der Waals surface area (Å²) < 4.78 is 1.04. The van der Waals surface area contributed by atoms with E-state index in [-0.39, 0.29) is 17.6 Å². The van der Waals surface area contributed by atoms with Gasteiger partial charge in [0.15, 0.2) is 0 Å². The number of nitrogens with zero attached hydrogens (tertiary/aromatic N) is 1. The molecule has 0 saturated carbocycles. The summed E-state index contributed by atoms with van der Waals surface area (Å²) in [5.74, 6) is 0.105. The molecule has 18 heavy (non-hydrogen) atoms. The van der Waals surface area contributed by atoms with Gasteiger partial charge in [-0.25, -0.2) is 0 Å². The lowest BCUT2D eigenvalue weighted by Crippen LogP contribution is -2.55. The molecule has 0 aliphatic carbocycles. The highest BCUT2D eigenvalue weighted by Gasteiger charge is 2.36. The minimum Gasteiger partial charge on any atom is -0.391 e. The van der Waals surface area contributed by atoms with Crippen molar-refractivity contribution < 1.29 is 9.90 Å². The molecule has 3 nitrogen and oxygen atoms in total. The van der Waals surface area contributed by atoms with Crippen molar-refractivity contribution in [2.45, 2.75) is 44.8 Å². The number of hydrogen-bond donors (Lipinski definition) is 1. The van der Waals surface area contributed by atoms with Gasteiger partial charge in [0.1, 0.15) is 0 Å². The molecule has 1 aromatic heterocycles.